The lowest BCUT2D eigenvalue weighted by molar-refractivity contribution is 0.165. The van der Waals surface area contributed by atoms with E-state index in [1.807, 2.05) is 41.3 Å². The van der Waals surface area contributed by atoms with Crippen LogP contribution in [0.15, 0.2) is 60.7 Å². The lowest BCUT2D eigenvalue weighted by atomic mass is 9.89. The fraction of sp³-hybridized carbons (Fsp3) is 0.409. The van der Waals surface area contributed by atoms with Crippen LogP contribution in [0.1, 0.15) is 57.7 Å². The first-order valence-electron chi connectivity index (χ1n) is 9.21. The molecule has 2 unspecified atom stereocenters. The summed E-state index contributed by atoms with van der Waals surface area (Å²) in [7, 11) is 0. The molecule has 0 aliphatic carbocycles. The molecular formula is C22H30N2O. The summed E-state index contributed by atoms with van der Waals surface area (Å²) in [4.78, 5) is 15.0. The molecule has 0 heterocycles. The lowest BCUT2D eigenvalue weighted by Crippen LogP contribution is -2.50. The third-order valence-corrected chi connectivity index (χ3v) is 4.98. The second kappa shape index (κ2) is 8.70. The molecule has 134 valence electrons. The molecule has 3 nitrogen and oxygen atoms in total. The summed E-state index contributed by atoms with van der Waals surface area (Å²) in [6.45, 7) is 9.14. The maximum Gasteiger partial charge on any atom is 0.318 e. The van der Waals surface area contributed by atoms with Crippen molar-refractivity contribution in [1.82, 2.24) is 10.2 Å². The third-order valence-electron chi connectivity index (χ3n) is 4.98. The fourth-order valence-electron chi connectivity index (χ4n) is 3.10. The Balaban J connectivity index is 2.22. The van der Waals surface area contributed by atoms with E-state index in [1.165, 1.54) is 0 Å². The summed E-state index contributed by atoms with van der Waals surface area (Å²) in [5, 5.41) is 3.28. The predicted molar refractivity (Wildman–Crippen MR) is 104 cm³/mol. The maximum absolute atomic E-state index is 13.1. The van der Waals surface area contributed by atoms with Crippen LogP contribution in [0.4, 0.5) is 4.79 Å². The number of nitrogens with zero attached hydrogens (tertiary/aromatic N) is 1. The molecule has 0 aromatic heterocycles. The number of rotatable bonds is 7. The highest BCUT2D eigenvalue weighted by molar-refractivity contribution is 5.76. The van der Waals surface area contributed by atoms with Crippen molar-refractivity contribution in [3.8, 4) is 0 Å². The van der Waals surface area contributed by atoms with Crippen LogP contribution in [-0.4, -0.2) is 17.5 Å². The summed E-state index contributed by atoms with van der Waals surface area (Å²) in [6, 6.07) is 20.4. The molecule has 0 aliphatic rings. The smallest absolute Gasteiger partial charge is 0.318 e. The molecule has 0 aliphatic heterocycles. The van der Waals surface area contributed by atoms with E-state index in [9.17, 15) is 4.79 Å². The molecule has 0 fully saturated rings. The van der Waals surface area contributed by atoms with E-state index >= 15 is 0 Å². The van der Waals surface area contributed by atoms with Crippen molar-refractivity contribution in [2.75, 3.05) is 6.54 Å². The Morgan fingerprint density at radius 2 is 1.60 bits per heavy atom. The number of benzene rings is 2. The zero-order valence-electron chi connectivity index (χ0n) is 15.8. The predicted octanol–water partition coefficient (Wildman–Crippen LogP) is 5.49. The average molecular weight is 338 g/mol. The first-order valence-corrected chi connectivity index (χ1v) is 9.21. The van der Waals surface area contributed by atoms with Gasteiger partial charge >= 0.3 is 6.03 Å². The number of nitrogens with one attached hydrogen (secondary N) is 1. The molecule has 0 bridgehead atoms. The largest absolute Gasteiger partial charge is 0.329 e. The van der Waals surface area contributed by atoms with E-state index in [0.29, 0.717) is 0 Å². The van der Waals surface area contributed by atoms with Gasteiger partial charge in [-0.05, 0) is 37.8 Å². The SMILES string of the molecule is CCCN(C(=O)NC(C)(CC)c1ccccc1)C(C)c1ccccc1. The number of urea groups is 1. The summed E-state index contributed by atoms with van der Waals surface area (Å²) in [6.07, 6.45) is 1.77. The molecule has 2 atom stereocenters. The summed E-state index contributed by atoms with van der Waals surface area (Å²) in [5.74, 6) is 0. The van der Waals surface area contributed by atoms with E-state index in [4.69, 9.17) is 0 Å². The quantitative estimate of drug-likeness (QED) is 0.711. The minimum Gasteiger partial charge on any atom is -0.329 e. The summed E-state index contributed by atoms with van der Waals surface area (Å²) in [5.41, 5.74) is 1.92. The second-order valence-corrected chi connectivity index (χ2v) is 6.76. The van der Waals surface area contributed by atoms with Gasteiger partial charge in [0.25, 0.3) is 0 Å². The van der Waals surface area contributed by atoms with Crippen LogP contribution in [-0.2, 0) is 5.54 Å². The Labute approximate surface area is 152 Å². The first kappa shape index (κ1) is 19.0. The zero-order valence-corrected chi connectivity index (χ0v) is 15.8. The van der Waals surface area contributed by atoms with Crippen LogP contribution in [0, 0.1) is 0 Å². The Hall–Kier alpha value is -2.29. The van der Waals surface area contributed by atoms with Crippen molar-refractivity contribution in [2.24, 2.45) is 0 Å². The highest BCUT2D eigenvalue weighted by Crippen LogP contribution is 2.26. The zero-order chi connectivity index (χ0) is 18.3. The molecule has 2 aromatic rings. The highest BCUT2D eigenvalue weighted by atomic mass is 16.2. The fourth-order valence-corrected chi connectivity index (χ4v) is 3.10. The van der Waals surface area contributed by atoms with Crippen LogP contribution in [0.3, 0.4) is 0 Å². The van der Waals surface area contributed by atoms with Crippen molar-refractivity contribution in [3.63, 3.8) is 0 Å². The standard InChI is InChI=1S/C22H30N2O/c1-5-17-24(18(3)19-13-9-7-10-14-19)21(25)23-22(4,6-2)20-15-11-8-12-16-20/h7-16,18H,5-6,17H2,1-4H3,(H,23,25). The van der Waals surface area contributed by atoms with E-state index in [2.05, 4.69) is 57.3 Å². The first-order chi connectivity index (χ1) is 12.0. The van der Waals surface area contributed by atoms with E-state index in [-0.39, 0.29) is 17.6 Å². The molecule has 0 saturated heterocycles. The molecule has 2 aromatic carbocycles. The molecule has 0 radical (unpaired) electrons. The van der Waals surface area contributed by atoms with E-state index in [0.717, 1.165) is 30.5 Å². The molecule has 2 rings (SSSR count). The summed E-state index contributed by atoms with van der Waals surface area (Å²) < 4.78 is 0. The second-order valence-electron chi connectivity index (χ2n) is 6.76. The van der Waals surface area contributed by atoms with Gasteiger partial charge in [-0.3, -0.25) is 0 Å². The third kappa shape index (κ3) is 4.62. The van der Waals surface area contributed by atoms with Gasteiger partial charge in [0.1, 0.15) is 0 Å². The topological polar surface area (TPSA) is 32.3 Å². The number of carbonyl (C=O) groups is 1. The molecule has 0 spiro atoms. The highest BCUT2D eigenvalue weighted by Gasteiger charge is 2.30. The van der Waals surface area contributed by atoms with Crippen molar-refractivity contribution < 1.29 is 4.79 Å². The number of carbonyl (C=O) groups excluding carboxylic acids is 1. The van der Waals surface area contributed by atoms with Crippen molar-refractivity contribution >= 4 is 6.03 Å². The van der Waals surface area contributed by atoms with Gasteiger partial charge < -0.3 is 10.2 Å². The van der Waals surface area contributed by atoms with Crippen molar-refractivity contribution in [2.45, 2.75) is 52.1 Å². The van der Waals surface area contributed by atoms with Gasteiger partial charge in [-0.1, -0.05) is 74.5 Å². The summed E-state index contributed by atoms with van der Waals surface area (Å²) >= 11 is 0. The Bertz CT molecular complexity index is 656. The Morgan fingerprint density at radius 3 is 2.12 bits per heavy atom. The van der Waals surface area contributed by atoms with Crippen LogP contribution in [0.5, 0.6) is 0 Å². The molecule has 3 heteroatoms. The Kier molecular flexibility index (Phi) is 6.63. The van der Waals surface area contributed by atoms with Gasteiger partial charge in [-0.25, -0.2) is 4.79 Å². The van der Waals surface area contributed by atoms with Crippen LogP contribution in [0.2, 0.25) is 0 Å². The van der Waals surface area contributed by atoms with Gasteiger partial charge in [0.15, 0.2) is 0 Å². The Morgan fingerprint density at radius 1 is 1.04 bits per heavy atom. The molecule has 2 amide bonds. The average Bonchev–Trinajstić information content (AvgIpc) is 2.66. The normalized spacial score (nSPS) is 14.4. The number of hydrogen-bond acceptors (Lipinski definition) is 1. The van der Waals surface area contributed by atoms with E-state index in [1.54, 1.807) is 0 Å². The van der Waals surface area contributed by atoms with Gasteiger partial charge in [-0.2, -0.15) is 0 Å². The van der Waals surface area contributed by atoms with Gasteiger partial charge in [0, 0.05) is 6.54 Å². The van der Waals surface area contributed by atoms with E-state index < -0.39 is 0 Å². The van der Waals surface area contributed by atoms with Gasteiger partial charge in [0.05, 0.1) is 11.6 Å². The van der Waals surface area contributed by atoms with Crippen LogP contribution >= 0.6 is 0 Å². The minimum absolute atomic E-state index is 0.00796. The molecule has 25 heavy (non-hydrogen) atoms. The molecule has 1 N–H and O–H groups in total. The molecular weight excluding hydrogens is 308 g/mol. The number of amides is 2. The van der Waals surface area contributed by atoms with Crippen LogP contribution < -0.4 is 5.32 Å². The van der Waals surface area contributed by atoms with Crippen LogP contribution in [0.25, 0.3) is 0 Å². The number of hydrogen-bond donors (Lipinski definition) is 1. The lowest BCUT2D eigenvalue weighted by Gasteiger charge is -2.36. The van der Waals surface area contributed by atoms with Gasteiger partial charge in [-0.15, -0.1) is 0 Å². The molecule has 0 saturated carbocycles. The minimum atomic E-state index is -0.374. The van der Waals surface area contributed by atoms with Crippen molar-refractivity contribution in [3.05, 3.63) is 71.8 Å². The maximum atomic E-state index is 13.1. The monoisotopic (exact) mass is 338 g/mol. The van der Waals surface area contributed by atoms with Crippen molar-refractivity contribution in [1.29, 1.82) is 0 Å². The van der Waals surface area contributed by atoms with Gasteiger partial charge in [0.2, 0.25) is 0 Å².